The van der Waals surface area contributed by atoms with E-state index >= 15 is 0 Å². The standard InChI is InChI=1S/C24H33N3O3S/c1-18(2)21-7-9-22(10-8-21)20(4)25-24(28)17-26-13-15-27(16-14-26)31(29,30)23-11-5-19(3)6-12-23/h5-12,18,20H,13-17H2,1-4H3,(H,25,28)/t20-/m1/s1. The Bertz CT molecular complexity index is 978. The maximum Gasteiger partial charge on any atom is 0.243 e. The molecule has 0 saturated carbocycles. The molecule has 2 aromatic rings. The Morgan fingerprint density at radius 3 is 2.00 bits per heavy atom. The number of carbonyl (C=O) groups excluding carboxylic acids is 1. The first-order chi connectivity index (χ1) is 14.7. The Morgan fingerprint density at radius 1 is 0.903 bits per heavy atom. The number of aryl methyl sites for hydroxylation is 1. The van der Waals surface area contributed by atoms with Gasteiger partial charge in [0.25, 0.3) is 0 Å². The molecular formula is C24H33N3O3S. The van der Waals surface area contributed by atoms with Gasteiger partial charge in [-0.25, -0.2) is 8.42 Å². The minimum absolute atomic E-state index is 0.0460. The number of sulfonamides is 1. The highest BCUT2D eigenvalue weighted by atomic mass is 32.2. The van der Waals surface area contributed by atoms with Gasteiger partial charge in [0.1, 0.15) is 0 Å². The van der Waals surface area contributed by atoms with Gasteiger partial charge in [-0.05, 0) is 43.0 Å². The van der Waals surface area contributed by atoms with Crippen LogP contribution in [0.2, 0.25) is 0 Å². The predicted octanol–water partition coefficient (Wildman–Crippen LogP) is 3.30. The van der Waals surface area contributed by atoms with Gasteiger partial charge in [-0.1, -0.05) is 55.8 Å². The first-order valence-electron chi connectivity index (χ1n) is 10.8. The zero-order chi connectivity index (χ0) is 22.6. The highest BCUT2D eigenvalue weighted by molar-refractivity contribution is 7.89. The molecule has 1 heterocycles. The lowest BCUT2D eigenvalue weighted by molar-refractivity contribution is -0.123. The summed E-state index contributed by atoms with van der Waals surface area (Å²) in [6.07, 6.45) is 0. The first kappa shape index (κ1) is 23.4. The SMILES string of the molecule is Cc1ccc(S(=O)(=O)N2CCN(CC(=O)N[C@H](C)c3ccc(C(C)C)cc3)CC2)cc1. The number of nitrogens with one attached hydrogen (secondary N) is 1. The molecule has 3 rings (SSSR count). The van der Waals surface area contributed by atoms with Crippen LogP contribution in [-0.4, -0.2) is 56.3 Å². The van der Waals surface area contributed by atoms with Crippen LogP contribution < -0.4 is 5.32 Å². The molecule has 7 heteroatoms. The van der Waals surface area contributed by atoms with E-state index in [0.29, 0.717) is 37.0 Å². The molecule has 1 atom stereocenters. The molecule has 2 aromatic carbocycles. The summed E-state index contributed by atoms with van der Waals surface area (Å²) in [5.74, 6) is 0.433. The second-order valence-corrected chi connectivity index (χ2v) is 10.5. The van der Waals surface area contributed by atoms with Gasteiger partial charge < -0.3 is 5.32 Å². The van der Waals surface area contributed by atoms with E-state index in [1.54, 1.807) is 12.1 Å². The lowest BCUT2D eigenvalue weighted by Crippen LogP contribution is -2.51. The third kappa shape index (κ3) is 5.93. The molecule has 0 aliphatic carbocycles. The van der Waals surface area contributed by atoms with E-state index in [1.165, 1.54) is 9.87 Å². The highest BCUT2D eigenvalue weighted by Gasteiger charge is 2.29. The maximum atomic E-state index is 12.8. The number of piperazine rings is 1. The highest BCUT2D eigenvalue weighted by Crippen LogP contribution is 2.20. The summed E-state index contributed by atoms with van der Waals surface area (Å²) in [6.45, 7) is 10.3. The van der Waals surface area contributed by atoms with Crippen molar-refractivity contribution in [2.75, 3.05) is 32.7 Å². The van der Waals surface area contributed by atoms with E-state index < -0.39 is 10.0 Å². The van der Waals surface area contributed by atoms with Gasteiger partial charge in [-0.15, -0.1) is 0 Å². The van der Waals surface area contributed by atoms with E-state index in [9.17, 15) is 13.2 Å². The smallest absolute Gasteiger partial charge is 0.243 e. The normalized spacial score (nSPS) is 16.9. The van der Waals surface area contributed by atoms with Crippen LogP contribution in [0.15, 0.2) is 53.4 Å². The van der Waals surface area contributed by atoms with Crippen LogP contribution in [0.5, 0.6) is 0 Å². The van der Waals surface area contributed by atoms with Gasteiger partial charge in [-0.3, -0.25) is 9.69 Å². The van der Waals surface area contributed by atoms with E-state index in [4.69, 9.17) is 0 Å². The van der Waals surface area contributed by atoms with Gasteiger partial charge in [0.15, 0.2) is 0 Å². The second-order valence-electron chi connectivity index (χ2n) is 8.60. The molecule has 1 aliphatic heterocycles. The Balaban J connectivity index is 1.50. The quantitative estimate of drug-likeness (QED) is 0.713. The first-order valence-corrected chi connectivity index (χ1v) is 12.3. The molecule has 168 valence electrons. The fraction of sp³-hybridized carbons (Fsp3) is 0.458. The van der Waals surface area contributed by atoms with Crippen LogP contribution in [0.25, 0.3) is 0 Å². The number of benzene rings is 2. The minimum Gasteiger partial charge on any atom is -0.348 e. The third-order valence-electron chi connectivity index (χ3n) is 5.84. The summed E-state index contributed by atoms with van der Waals surface area (Å²) in [5.41, 5.74) is 3.38. The summed E-state index contributed by atoms with van der Waals surface area (Å²) in [5, 5.41) is 3.05. The zero-order valence-electron chi connectivity index (χ0n) is 18.8. The number of hydrogen-bond donors (Lipinski definition) is 1. The van der Waals surface area contributed by atoms with E-state index in [2.05, 4.69) is 43.4 Å². The van der Waals surface area contributed by atoms with Crippen molar-refractivity contribution in [3.63, 3.8) is 0 Å². The van der Waals surface area contributed by atoms with Crippen molar-refractivity contribution in [3.8, 4) is 0 Å². The van der Waals surface area contributed by atoms with Crippen LogP contribution in [-0.2, 0) is 14.8 Å². The average molecular weight is 444 g/mol. The molecule has 0 bridgehead atoms. The minimum atomic E-state index is -3.49. The molecule has 0 spiro atoms. The average Bonchev–Trinajstić information content (AvgIpc) is 2.74. The molecular weight excluding hydrogens is 410 g/mol. The number of carbonyl (C=O) groups is 1. The van der Waals surface area contributed by atoms with Gasteiger partial charge in [-0.2, -0.15) is 4.31 Å². The summed E-state index contributed by atoms with van der Waals surface area (Å²) < 4.78 is 27.2. The Kier molecular flexibility index (Phi) is 7.51. The molecule has 0 aromatic heterocycles. The van der Waals surface area contributed by atoms with Crippen molar-refractivity contribution in [1.82, 2.24) is 14.5 Å². The van der Waals surface area contributed by atoms with Crippen molar-refractivity contribution in [2.45, 2.75) is 44.6 Å². The van der Waals surface area contributed by atoms with Crippen LogP contribution in [0.1, 0.15) is 49.4 Å². The molecule has 31 heavy (non-hydrogen) atoms. The van der Waals surface area contributed by atoms with Crippen molar-refractivity contribution in [3.05, 3.63) is 65.2 Å². The lowest BCUT2D eigenvalue weighted by atomic mass is 9.99. The number of nitrogens with zero attached hydrogens (tertiary/aromatic N) is 2. The van der Waals surface area contributed by atoms with Crippen LogP contribution in [0.3, 0.4) is 0 Å². The Morgan fingerprint density at radius 2 is 1.45 bits per heavy atom. The van der Waals surface area contributed by atoms with Crippen molar-refractivity contribution < 1.29 is 13.2 Å². The third-order valence-corrected chi connectivity index (χ3v) is 7.75. The molecule has 0 unspecified atom stereocenters. The fourth-order valence-electron chi connectivity index (χ4n) is 3.73. The van der Waals surface area contributed by atoms with Crippen LogP contribution >= 0.6 is 0 Å². The van der Waals surface area contributed by atoms with Gasteiger partial charge in [0.05, 0.1) is 17.5 Å². The summed E-state index contributed by atoms with van der Waals surface area (Å²) >= 11 is 0. The molecule has 1 fully saturated rings. The molecule has 1 aliphatic rings. The van der Waals surface area contributed by atoms with E-state index in [1.807, 2.05) is 30.9 Å². The maximum absolute atomic E-state index is 12.8. The van der Waals surface area contributed by atoms with E-state index in [-0.39, 0.29) is 18.5 Å². The molecule has 6 nitrogen and oxygen atoms in total. The summed E-state index contributed by atoms with van der Waals surface area (Å²) in [7, 11) is -3.49. The number of amides is 1. The largest absolute Gasteiger partial charge is 0.348 e. The zero-order valence-corrected chi connectivity index (χ0v) is 19.7. The van der Waals surface area contributed by atoms with Crippen molar-refractivity contribution in [1.29, 1.82) is 0 Å². The van der Waals surface area contributed by atoms with Crippen LogP contribution in [0.4, 0.5) is 0 Å². The number of rotatable bonds is 7. The molecule has 1 saturated heterocycles. The molecule has 0 radical (unpaired) electrons. The van der Waals surface area contributed by atoms with Gasteiger partial charge in [0, 0.05) is 26.2 Å². The Hall–Kier alpha value is -2.22. The summed E-state index contributed by atoms with van der Waals surface area (Å²) in [6, 6.07) is 15.2. The van der Waals surface area contributed by atoms with Crippen molar-refractivity contribution >= 4 is 15.9 Å². The van der Waals surface area contributed by atoms with E-state index in [0.717, 1.165) is 11.1 Å². The van der Waals surface area contributed by atoms with Crippen LogP contribution in [0, 0.1) is 6.92 Å². The fourth-order valence-corrected chi connectivity index (χ4v) is 5.15. The second kappa shape index (κ2) is 9.94. The molecule has 1 amide bonds. The summed E-state index contributed by atoms with van der Waals surface area (Å²) in [4.78, 5) is 14.8. The van der Waals surface area contributed by atoms with Gasteiger partial charge >= 0.3 is 0 Å². The Labute approximate surface area is 186 Å². The number of hydrogen-bond acceptors (Lipinski definition) is 4. The van der Waals surface area contributed by atoms with Gasteiger partial charge in [0.2, 0.25) is 15.9 Å². The van der Waals surface area contributed by atoms with Crippen molar-refractivity contribution in [2.24, 2.45) is 0 Å². The topological polar surface area (TPSA) is 69.7 Å². The molecule has 1 N–H and O–H groups in total. The lowest BCUT2D eigenvalue weighted by Gasteiger charge is -2.33. The predicted molar refractivity (Wildman–Crippen MR) is 123 cm³/mol. The monoisotopic (exact) mass is 443 g/mol.